The monoisotopic (exact) mass is 423 g/mol. The molecule has 7 heteroatoms. The summed E-state index contributed by atoms with van der Waals surface area (Å²) in [6, 6.07) is -0.388. The third-order valence-electron chi connectivity index (χ3n) is 11.0. The fourth-order valence-corrected chi connectivity index (χ4v) is 10.4. The normalized spacial score (nSPS) is 65.8. The van der Waals surface area contributed by atoms with Crippen molar-refractivity contribution in [2.75, 3.05) is 27.3 Å². The van der Waals surface area contributed by atoms with Gasteiger partial charge in [-0.25, -0.2) is 0 Å². The largest absolute Gasteiger partial charge is 0.392 e. The maximum atomic E-state index is 12.7. The van der Waals surface area contributed by atoms with E-state index in [1.54, 1.807) is 14.2 Å². The van der Waals surface area contributed by atoms with Gasteiger partial charge in [-0.15, -0.1) is 0 Å². The number of methoxy groups -OCH3 is 2. The highest BCUT2D eigenvalue weighted by Crippen LogP contribution is 2.80. The molecule has 0 amide bonds. The van der Waals surface area contributed by atoms with Gasteiger partial charge in [0.15, 0.2) is 0 Å². The van der Waals surface area contributed by atoms with Crippen LogP contribution in [-0.2, 0) is 9.47 Å². The molecular formula is C23H37NO6. The number of nitrogens with zero attached hydrogens (tertiary/aromatic N) is 1. The summed E-state index contributed by atoms with van der Waals surface area (Å²) >= 11 is 0. The van der Waals surface area contributed by atoms with Crippen LogP contribution in [-0.4, -0.2) is 94.3 Å². The van der Waals surface area contributed by atoms with E-state index in [0.29, 0.717) is 12.8 Å². The molecule has 0 radical (unpaired) electrons. The van der Waals surface area contributed by atoms with Crippen molar-refractivity contribution in [3.63, 3.8) is 0 Å². The lowest BCUT2D eigenvalue weighted by Crippen LogP contribution is -2.81. The molecule has 5 saturated carbocycles. The van der Waals surface area contributed by atoms with Gasteiger partial charge >= 0.3 is 0 Å². The Morgan fingerprint density at radius 2 is 1.87 bits per heavy atom. The molecule has 1 aliphatic heterocycles. The molecule has 7 nitrogen and oxygen atoms in total. The predicted octanol–water partition coefficient (Wildman–Crippen LogP) is -0.00960. The van der Waals surface area contributed by atoms with Gasteiger partial charge in [-0.2, -0.15) is 0 Å². The van der Waals surface area contributed by atoms with Crippen LogP contribution in [0.1, 0.15) is 39.5 Å². The van der Waals surface area contributed by atoms with E-state index >= 15 is 0 Å². The first-order valence-electron chi connectivity index (χ1n) is 11.8. The van der Waals surface area contributed by atoms with Crippen molar-refractivity contribution in [1.29, 1.82) is 0 Å². The Morgan fingerprint density at radius 1 is 1.13 bits per heavy atom. The number of fused-ring (bicyclic) bond motifs is 2. The molecule has 1 saturated heterocycles. The Labute approximate surface area is 178 Å². The van der Waals surface area contributed by atoms with E-state index in [9.17, 15) is 20.4 Å². The topological polar surface area (TPSA) is 103 Å². The van der Waals surface area contributed by atoms with Gasteiger partial charge < -0.3 is 29.9 Å². The first-order chi connectivity index (χ1) is 14.2. The third-order valence-corrected chi connectivity index (χ3v) is 11.0. The molecule has 6 rings (SSSR count). The summed E-state index contributed by atoms with van der Waals surface area (Å²) in [7, 11) is 3.26. The Morgan fingerprint density at radius 3 is 2.50 bits per heavy atom. The Bertz CT molecular complexity index is 766. The standard InChI is InChI=1S/C23H37NO6/c1-5-24-10-20(2)7-6-14(25)22-12-8-11-13(29-3)9-21(27,15(12)16(11)26)23(28,19(22)24)18(30-4)17(20)22/h11-19,25-28H,5-10H2,1-4H3/t11-,12-,13+,14+,15-,16+,17-,18+,19+,20+,21-,22+,23-/m1/s1. The van der Waals surface area contributed by atoms with Gasteiger partial charge in [0.25, 0.3) is 0 Å². The van der Waals surface area contributed by atoms with E-state index in [4.69, 9.17) is 9.47 Å². The second-order valence-corrected chi connectivity index (χ2v) is 11.6. The lowest BCUT2D eigenvalue weighted by molar-refractivity contribution is -0.315. The zero-order valence-corrected chi connectivity index (χ0v) is 18.5. The number of rotatable bonds is 3. The summed E-state index contributed by atoms with van der Waals surface area (Å²) in [4.78, 5) is 2.31. The second-order valence-electron chi connectivity index (χ2n) is 11.6. The minimum Gasteiger partial charge on any atom is -0.392 e. The fourth-order valence-electron chi connectivity index (χ4n) is 10.4. The van der Waals surface area contributed by atoms with Crippen LogP contribution in [0.15, 0.2) is 0 Å². The van der Waals surface area contributed by atoms with E-state index < -0.39 is 40.8 Å². The summed E-state index contributed by atoms with van der Waals surface area (Å²) < 4.78 is 11.8. The Balaban J connectivity index is 1.68. The van der Waals surface area contributed by atoms with Crippen LogP contribution in [0, 0.1) is 34.5 Å². The van der Waals surface area contributed by atoms with Gasteiger partial charge in [0.2, 0.25) is 0 Å². The van der Waals surface area contributed by atoms with Crippen LogP contribution in [0.25, 0.3) is 0 Å². The molecule has 4 N–H and O–H groups in total. The molecule has 1 heterocycles. The highest BCUT2D eigenvalue weighted by atomic mass is 16.5. The molecule has 30 heavy (non-hydrogen) atoms. The van der Waals surface area contributed by atoms with Crippen molar-refractivity contribution in [2.24, 2.45) is 34.5 Å². The summed E-state index contributed by atoms with van der Waals surface area (Å²) in [6.45, 7) is 5.96. The number of likely N-dealkylation sites (N-methyl/N-ethyl adjacent to an activating group) is 1. The molecule has 6 fully saturated rings. The van der Waals surface area contributed by atoms with E-state index in [1.165, 1.54) is 0 Å². The summed E-state index contributed by atoms with van der Waals surface area (Å²) in [5.41, 5.74) is -3.79. The first kappa shape index (κ1) is 20.3. The van der Waals surface area contributed by atoms with Crippen LogP contribution >= 0.6 is 0 Å². The second kappa shape index (κ2) is 5.79. The van der Waals surface area contributed by atoms with Crippen molar-refractivity contribution >= 4 is 0 Å². The first-order valence-corrected chi connectivity index (χ1v) is 11.8. The Hall–Kier alpha value is -0.280. The van der Waals surface area contributed by atoms with Gasteiger partial charge in [-0.05, 0) is 37.1 Å². The predicted molar refractivity (Wildman–Crippen MR) is 108 cm³/mol. The van der Waals surface area contributed by atoms with Gasteiger partial charge in [-0.1, -0.05) is 13.8 Å². The van der Waals surface area contributed by atoms with E-state index in [0.717, 1.165) is 25.9 Å². The van der Waals surface area contributed by atoms with Crippen molar-refractivity contribution in [1.82, 2.24) is 4.90 Å². The summed E-state index contributed by atoms with van der Waals surface area (Å²) in [6.07, 6.45) is 0.370. The van der Waals surface area contributed by atoms with Crippen molar-refractivity contribution in [2.45, 2.75) is 81.2 Å². The Kier molecular flexibility index (Phi) is 3.93. The van der Waals surface area contributed by atoms with Crippen LogP contribution in [0.2, 0.25) is 0 Å². The molecule has 1 spiro atoms. The molecule has 0 unspecified atom stereocenters. The van der Waals surface area contributed by atoms with Crippen molar-refractivity contribution in [3.05, 3.63) is 0 Å². The molecule has 170 valence electrons. The number of ether oxygens (including phenoxy) is 2. The zero-order valence-electron chi connectivity index (χ0n) is 18.5. The molecule has 13 atom stereocenters. The number of aliphatic hydroxyl groups is 4. The van der Waals surface area contributed by atoms with E-state index in [1.807, 2.05) is 0 Å². The van der Waals surface area contributed by atoms with Crippen LogP contribution in [0.4, 0.5) is 0 Å². The molecule has 7 bridgehead atoms. The summed E-state index contributed by atoms with van der Waals surface area (Å²) in [5.74, 6) is -0.656. The maximum Gasteiger partial charge on any atom is 0.136 e. The highest BCUT2D eigenvalue weighted by molar-refractivity contribution is 5.40. The highest BCUT2D eigenvalue weighted by Gasteiger charge is 2.90. The van der Waals surface area contributed by atoms with Gasteiger partial charge in [-0.3, -0.25) is 4.90 Å². The SMILES string of the molecule is CCN1C[C@]2(C)CC[C@H](O)[C@@]34[C@@H]5C[C@H]6[C@H](O)[C@@H]5[C@](O)(C[C@@H]6OC)[C@@](O)([C@@H](OC)[C@H]23)[C@@H]14. The molecule has 0 aromatic carbocycles. The number of hydrogen-bond acceptors (Lipinski definition) is 7. The molecule has 0 aromatic rings. The third kappa shape index (κ3) is 1.74. The van der Waals surface area contributed by atoms with Crippen LogP contribution in [0.3, 0.4) is 0 Å². The lowest BCUT2D eigenvalue weighted by atomic mass is 9.43. The number of aliphatic hydroxyl groups excluding tert-OH is 2. The number of likely N-dealkylation sites (tertiary alicyclic amines) is 1. The van der Waals surface area contributed by atoms with Gasteiger partial charge in [0.1, 0.15) is 11.2 Å². The maximum absolute atomic E-state index is 12.7. The van der Waals surface area contributed by atoms with Gasteiger partial charge in [0.05, 0.1) is 30.5 Å². The fraction of sp³-hybridized carbons (Fsp3) is 1.00. The van der Waals surface area contributed by atoms with Crippen molar-refractivity contribution in [3.8, 4) is 0 Å². The average Bonchev–Trinajstić information content (AvgIpc) is 3.09. The molecule has 6 aliphatic rings. The van der Waals surface area contributed by atoms with Gasteiger partial charge in [0, 0.05) is 50.4 Å². The average molecular weight is 424 g/mol. The van der Waals surface area contributed by atoms with E-state index in [-0.39, 0.29) is 35.3 Å². The number of piperidine rings is 1. The number of hydrogen-bond donors (Lipinski definition) is 4. The minimum atomic E-state index is -1.57. The van der Waals surface area contributed by atoms with Crippen LogP contribution < -0.4 is 0 Å². The quantitative estimate of drug-likeness (QED) is 0.506. The molecule has 0 aromatic heterocycles. The van der Waals surface area contributed by atoms with Crippen LogP contribution in [0.5, 0.6) is 0 Å². The molecular weight excluding hydrogens is 386 g/mol. The smallest absolute Gasteiger partial charge is 0.136 e. The minimum absolute atomic E-state index is 0.0527. The molecule has 5 aliphatic carbocycles. The van der Waals surface area contributed by atoms with Crippen molar-refractivity contribution < 1.29 is 29.9 Å². The summed E-state index contributed by atoms with van der Waals surface area (Å²) in [5, 5.41) is 48.1. The zero-order chi connectivity index (χ0) is 21.4. The lowest BCUT2D eigenvalue weighted by Gasteiger charge is -2.69. The van der Waals surface area contributed by atoms with E-state index in [2.05, 4.69) is 18.7 Å².